The van der Waals surface area contributed by atoms with Gasteiger partial charge in [-0.2, -0.15) is 0 Å². The van der Waals surface area contributed by atoms with Gasteiger partial charge in [-0.05, 0) is 35.3 Å². The average molecular weight is 673 g/mol. The lowest BCUT2D eigenvalue weighted by Gasteiger charge is -2.49. The highest BCUT2D eigenvalue weighted by Gasteiger charge is 2.54. The maximum Gasteiger partial charge on any atom is 0.352 e. The number of nitrogen functional groups attached to an aromatic ring is 1. The molecule has 5 heterocycles. The number of carbonyl (C=O) groups is 3. The van der Waals surface area contributed by atoms with Crippen LogP contribution in [-0.2, 0) is 19.1 Å². The van der Waals surface area contributed by atoms with E-state index in [1.165, 1.54) is 40.2 Å². The molecular formula is C27H24N6O7S4. The highest BCUT2D eigenvalue weighted by molar-refractivity contribution is 8.04. The van der Waals surface area contributed by atoms with E-state index >= 15 is 0 Å². The normalized spacial score (nSPS) is 20.6. The van der Waals surface area contributed by atoms with Crippen LogP contribution in [0.2, 0.25) is 0 Å². The molecule has 2 fully saturated rings. The smallest absolute Gasteiger partial charge is 0.352 e. The molecule has 6 rings (SSSR count). The predicted molar refractivity (Wildman–Crippen MR) is 171 cm³/mol. The minimum absolute atomic E-state index is 0.0532. The predicted octanol–water partition coefficient (Wildman–Crippen LogP) is 2.36. The van der Waals surface area contributed by atoms with Crippen molar-refractivity contribution in [3.8, 4) is 0 Å². The number of carboxylic acid groups (broad SMARTS) is 1. The number of allylic oxidation sites excluding steroid dienone is 1. The van der Waals surface area contributed by atoms with Gasteiger partial charge in [0.05, 0.1) is 17.4 Å². The van der Waals surface area contributed by atoms with Crippen molar-refractivity contribution in [2.45, 2.75) is 15.6 Å². The molecule has 3 aliphatic rings. The Morgan fingerprint density at radius 3 is 2.73 bits per heavy atom. The Hall–Kier alpha value is -3.90. The number of benzene rings is 1. The standard InChI is InChI=1S/C27H24N6O7S4/c28-27-29-16(12-43-27)20(31-39)23(35)30-21-24(36)33-22(26(37)38)13(11-42-25(21)33)3-8-41-19-10-17(34)15-2-1-14(9-18(15)44-19)32-4-6-40-7-5-32/h1-3,8-10,12,21,25,39H,4-7,11H2,(H2,28,29)(H,30,35)(H,37,38)/t21?,25-/m0/s1. The summed E-state index contributed by atoms with van der Waals surface area (Å²) in [5.41, 5.74) is 6.41. The Bertz CT molecular complexity index is 1810. The van der Waals surface area contributed by atoms with Crippen molar-refractivity contribution < 1.29 is 29.4 Å². The number of anilines is 2. The summed E-state index contributed by atoms with van der Waals surface area (Å²) in [5, 5.41) is 28.1. The molecule has 2 amide bonds. The van der Waals surface area contributed by atoms with Crippen LogP contribution in [0, 0.1) is 0 Å². The van der Waals surface area contributed by atoms with Crippen LogP contribution in [0.15, 0.2) is 66.6 Å². The molecule has 0 bridgehead atoms. The summed E-state index contributed by atoms with van der Waals surface area (Å²) in [7, 11) is 0. The van der Waals surface area contributed by atoms with Crippen molar-refractivity contribution in [2.24, 2.45) is 5.16 Å². The number of carboxylic acids is 1. The molecule has 1 unspecified atom stereocenters. The molecule has 0 saturated carbocycles. The maximum atomic E-state index is 13.0. The number of ether oxygens (including phenoxy) is 1. The number of oxime groups is 1. The van der Waals surface area contributed by atoms with E-state index in [2.05, 4.69) is 20.4 Å². The fourth-order valence-corrected chi connectivity index (χ4v) is 8.85. The topological polar surface area (TPSA) is 188 Å². The summed E-state index contributed by atoms with van der Waals surface area (Å²) in [4.78, 5) is 58.1. The van der Waals surface area contributed by atoms with Crippen LogP contribution < -0.4 is 21.4 Å². The number of hydrogen-bond donors (Lipinski definition) is 4. The van der Waals surface area contributed by atoms with Gasteiger partial charge in [-0.15, -0.1) is 34.4 Å². The third-order valence-electron chi connectivity index (χ3n) is 7.09. The lowest BCUT2D eigenvalue weighted by atomic mass is 10.0. The van der Waals surface area contributed by atoms with E-state index in [0.29, 0.717) is 24.2 Å². The Labute approximate surface area is 266 Å². The van der Waals surface area contributed by atoms with E-state index in [-0.39, 0.29) is 27.7 Å². The summed E-state index contributed by atoms with van der Waals surface area (Å²) in [6.45, 7) is 2.88. The summed E-state index contributed by atoms with van der Waals surface area (Å²) in [6.07, 6.45) is 1.63. The number of fused-ring (bicyclic) bond motifs is 2. The Morgan fingerprint density at radius 2 is 2.02 bits per heavy atom. The number of morpholine rings is 1. The molecule has 3 aliphatic heterocycles. The average Bonchev–Trinajstić information content (AvgIpc) is 3.45. The van der Waals surface area contributed by atoms with E-state index in [4.69, 9.17) is 10.5 Å². The summed E-state index contributed by atoms with van der Waals surface area (Å²) in [5.74, 6) is -2.46. The van der Waals surface area contributed by atoms with Gasteiger partial charge in [0.15, 0.2) is 16.3 Å². The van der Waals surface area contributed by atoms with Crippen molar-refractivity contribution in [2.75, 3.05) is 42.7 Å². The van der Waals surface area contributed by atoms with Crippen molar-refractivity contribution in [3.63, 3.8) is 0 Å². The third-order valence-corrected chi connectivity index (χ3v) is 11.1. The van der Waals surface area contributed by atoms with Gasteiger partial charge in [0, 0.05) is 46.1 Å². The first-order chi connectivity index (χ1) is 21.2. The zero-order valence-corrected chi connectivity index (χ0v) is 25.9. The number of nitrogens with two attached hydrogens (primary N) is 1. The second-order valence-electron chi connectivity index (χ2n) is 9.69. The van der Waals surface area contributed by atoms with Crippen LogP contribution in [0.4, 0.5) is 10.8 Å². The van der Waals surface area contributed by atoms with Crippen molar-refractivity contribution in [1.29, 1.82) is 0 Å². The molecule has 0 aliphatic carbocycles. The zero-order chi connectivity index (χ0) is 31.0. The number of aromatic nitrogens is 1. The number of carbonyl (C=O) groups excluding carboxylic acids is 2. The number of thiazole rings is 1. The zero-order valence-electron chi connectivity index (χ0n) is 22.7. The Balaban J connectivity index is 1.17. The summed E-state index contributed by atoms with van der Waals surface area (Å²) >= 11 is 5.11. The number of β-lactam (4-membered cyclic amide) rings is 1. The van der Waals surface area contributed by atoms with Crippen LogP contribution in [0.1, 0.15) is 5.69 Å². The van der Waals surface area contributed by atoms with E-state index in [1.807, 2.05) is 18.2 Å². The molecule has 1 aromatic carbocycles. The first kappa shape index (κ1) is 30.1. The van der Waals surface area contributed by atoms with Gasteiger partial charge in [-0.1, -0.05) is 16.9 Å². The van der Waals surface area contributed by atoms with Crippen molar-refractivity contribution in [3.05, 3.63) is 68.3 Å². The largest absolute Gasteiger partial charge is 0.477 e. The van der Waals surface area contributed by atoms with Crippen LogP contribution in [0.5, 0.6) is 0 Å². The van der Waals surface area contributed by atoms with Gasteiger partial charge in [0.1, 0.15) is 22.8 Å². The third kappa shape index (κ3) is 5.80. The van der Waals surface area contributed by atoms with Crippen LogP contribution in [0.3, 0.4) is 0 Å². The molecule has 2 saturated heterocycles. The number of aliphatic carboxylic acids is 1. The minimum Gasteiger partial charge on any atom is -0.477 e. The highest BCUT2D eigenvalue weighted by Crippen LogP contribution is 2.41. The number of thioether (sulfide) groups is 2. The molecule has 3 aromatic rings. The first-order valence-electron chi connectivity index (χ1n) is 13.1. The number of nitrogens with zero attached hydrogens (tertiary/aromatic N) is 4. The fourth-order valence-electron chi connectivity index (χ4n) is 4.97. The lowest BCUT2D eigenvalue weighted by molar-refractivity contribution is -0.150. The van der Waals surface area contributed by atoms with Gasteiger partial charge in [0.25, 0.3) is 11.8 Å². The molecular weight excluding hydrogens is 649 g/mol. The molecule has 228 valence electrons. The number of nitrogens with one attached hydrogen (secondary N) is 1. The molecule has 0 spiro atoms. The second kappa shape index (κ2) is 12.6. The Morgan fingerprint density at radius 1 is 1.23 bits per heavy atom. The summed E-state index contributed by atoms with van der Waals surface area (Å²) in [6, 6.07) is 6.34. The van der Waals surface area contributed by atoms with Gasteiger partial charge >= 0.3 is 5.97 Å². The van der Waals surface area contributed by atoms with Gasteiger partial charge < -0.3 is 31.0 Å². The number of amides is 2. The molecule has 44 heavy (non-hydrogen) atoms. The molecule has 13 nitrogen and oxygen atoms in total. The lowest BCUT2D eigenvalue weighted by Crippen LogP contribution is -2.71. The van der Waals surface area contributed by atoms with Gasteiger partial charge in [-0.3, -0.25) is 19.3 Å². The molecule has 17 heteroatoms. The van der Waals surface area contributed by atoms with Crippen molar-refractivity contribution >= 4 is 90.6 Å². The first-order valence-corrected chi connectivity index (χ1v) is 16.8. The molecule has 5 N–H and O–H groups in total. The SMILES string of the molecule is Nc1nc(C(=NO)C(=O)NC2C(=O)N3C(C(=O)O)=C(C=CSc4cc(=O)c5ccc(N6CCOCC6)cc5s4)CS[C@@H]23)cs1. The van der Waals surface area contributed by atoms with Gasteiger partial charge in [-0.25, -0.2) is 9.78 Å². The molecule has 2 aromatic heterocycles. The van der Waals surface area contributed by atoms with Crippen LogP contribution >= 0.6 is 46.2 Å². The van der Waals surface area contributed by atoms with E-state index < -0.39 is 34.9 Å². The quantitative estimate of drug-likeness (QED) is 0.0901. The van der Waals surface area contributed by atoms with E-state index in [1.54, 1.807) is 17.6 Å². The second-order valence-corrected chi connectivity index (χ2v) is 14.0. The van der Waals surface area contributed by atoms with Crippen LogP contribution in [-0.4, -0.2) is 87.2 Å². The highest BCUT2D eigenvalue weighted by atomic mass is 32.2. The van der Waals surface area contributed by atoms with E-state index in [9.17, 15) is 29.5 Å². The number of rotatable bonds is 8. The molecule has 0 radical (unpaired) electrons. The monoisotopic (exact) mass is 672 g/mol. The number of hydrogen-bond acceptors (Lipinski definition) is 14. The van der Waals surface area contributed by atoms with E-state index in [0.717, 1.165) is 43.9 Å². The molecule has 2 atom stereocenters. The van der Waals surface area contributed by atoms with Crippen LogP contribution in [0.25, 0.3) is 10.1 Å². The Kier molecular flexibility index (Phi) is 8.64. The maximum absolute atomic E-state index is 13.0. The van der Waals surface area contributed by atoms with Crippen molar-refractivity contribution in [1.82, 2.24) is 15.2 Å². The summed E-state index contributed by atoms with van der Waals surface area (Å²) < 4.78 is 7.03. The van der Waals surface area contributed by atoms with Gasteiger partial charge in [0.2, 0.25) is 0 Å². The minimum atomic E-state index is -1.28. The fraction of sp³-hybridized carbons (Fsp3) is 0.259.